The molecule has 0 aliphatic heterocycles. The Morgan fingerprint density at radius 3 is 2.55 bits per heavy atom. The largest absolute Gasteiger partial charge is 0.361 e. The molecule has 1 saturated carbocycles. The van der Waals surface area contributed by atoms with Gasteiger partial charge >= 0.3 is 0 Å². The van der Waals surface area contributed by atoms with Crippen LogP contribution in [0.3, 0.4) is 0 Å². The maximum Gasteiger partial charge on any atom is 0.220 e. The van der Waals surface area contributed by atoms with Gasteiger partial charge in [0.1, 0.15) is 17.2 Å². The lowest BCUT2D eigenvalue weighted by atomic mass is 9.92. The van der Waals surface area contributed by atoms with E-state index in [9.17, 15) is 8.42 Å². The van der Waals surface area contributed by atoms with E-state index in [0.29, 0.717) is 18.0 Å². The summed E-state index contributed by atoms with van der Waals surface area (Å²) in [5.41, 5.74) is 6.35. The van der Waals surface area contributed by atoms with Crippen LogP contribution in [0.15, 0.2) is 10.6 Å². The van der Waals surface area contributed by atoms with Crippen molar-refractivity contribution >= 4 is 10.0 Å². The maximum atomic E-state index is 12.5. The summed E-state index contributed by atoms with van der Waals surface area (Å²) in [7, 11) is -3.36. The van der Waals surface area contributed by atoms with Gasteiger partial charge < -0.3 is 10.3 Å². The van der Waals surface area contributed by atoms with Crippen molar-refractivity contribution in [3.63, 3.8) is 0 Å². The number of hydrogen-bond acceptors (Lipinski definition) is 5. The van der Waals surface area contributed by atoms with Crippen molar-refractivity contribution < 1.29 is 12.9 Å². The molecular weight excluding hydrogens is 278 g/mol. The first-order valence-electron chi connectivity index (χ1n) is 7.09. The lowest BCUT2D eigenvalue weighted by Gasteiger charge is -2.34. The molecule has 7 heteroatoms. The normalized spacial score (nSPS) is 24.2. The standard InChI is InChI=1S/C13H23N3O3S/c1-3-16(13-6-4-11(14)5-7-13)20(17,18)9-12-8-10(2)19-15-12/h8,11,13H,3-7,9,14H2,1-2H3. The van der Waals surface area contributed by atoms with Crippen LogP contribution >= 0.6 is 0 Å². The van der Waals surface area contributed by atoms with Gasteiger partial charge in [-0.25, -0.2) is 8.42 Å². The van der Waals surface area contributed by atoms with E-state index in [-0.39, 0.29) is 17.8 Å². The average Bonchev–Trinajstić information content (AvgIpc) is 2.77. The van der Waals surface area contributed by atoms with E-state index in [0.717, 1.165) is 25.7 Å². The van der Waals surface area contributed by atoms with Gasteiger partial charge in [0.2, 0.25) is 10.0 Å². The molecule has 0 spiro atoms. The van der Waals surface area contributed by atoms with E-state index >= 15 is 0 Å². The Bertz CT molecular complexity index is 533. The quantitative estimate of drug-likeness (QED) is 0.888. The molecule has 1 aromatic rings. The van der Waals surface area contributed by atoms with Gasteiger partial charge in [-0.05, 0) is 32.6 Å². The summed E-state index contributed by atoms with van der Waals surface area (Å²) in [6.07, 6.45) is 3.46. The fraction of sp³-hybridized carbons (Fsp3) is 0.769. The fourth-order valence-electron chi connectivity index (χ4n) is 2.83. The fourth-order valence-corrected chi connectivity index (χ4v) is 4.56. The third kappa shape index (κ3) is 3.59. The van der Waals surface area contributed by atoms with E-state index in [4.69, 9.17) is 10.3 Å². The molecule has 6 nitrogen and oxygen atoms in total. The maximum absolute atomic E-state index is 12.5. The number of aromatic nitrogens is 1. The second-order valence-electron chi connectivity index (χ2n) is 5.46. The summed E-state index contributed by atoms with van der Waals surface area (Å²) in [6, 6.07) is 1.95. The van der Waals surface area contributed by atoms with Crippen molar-refractivity contribution in [2.45, 2.75) is 57.4 Å². The van der Waals surface area contributed by atoms with Crippen molar-refractivity contribution in [2.24, 2.45) is 5.73 Å². The molecule has 114 valence electrons. The van der Waals surface area contributed by atoms with E-state index in [2.05, 4.69) is 5.16 Å². The van der Waals surface area contributed by atoms with Crippen LogP contribution < -0.4 is 5.73 Å². The Labute approximate surface area is 120 Å². The molecule has 1 fully saturated rings. The number of hydrogen-bond donors (Lipinski definition) is 1. The number of sulfonamides is 1. The van der Waals surface area contributed by atoms with Crippen molar-refractivity contribution in [1.82, 2.24) is 9.46 Å². The SMILES string of the molecule is CCN(C1CCC(N)CC1)S(=O)(=O)Cc1cc(C)on1. The smallest absolute Gasteiger partial charge is 0.220 e. The van der Waals surface area contributed by atoms with Gasteiger partial charge in [0.15, 0.2) is 0 Å². The lowest BCUT2D eigenvalue weighted by molar-refractivity contribution is 0.246. The van der Waals surface area contributed by atoms with Crippen LogP contribution in [0.5, 0.6) is 0 Å². The predicted molar refractivity (Wildman–Crippen MR) is 76.5 cm³/mol. The van der Waals surface area contributed by atoms with Crippen molar-refractivity contribution in [1.29, 1.82) is 0 Å². The van der Waals surface area contributed by atoms with E-state index in [1.165, 1.54) is 0 Å². The van der Waals surface area contributed by atoms with Gasteiger partial charge in [-0.2, -0.15) is 4.31 Å². The summed E-state index contributed by atoms with van der Waals surface area (Å²) in [5, 5.41) is 3.77. The summed E-state index contributed by atoms with van der Waals surface area (Å²) in [6.45, 7) is 4.11. The summed E-state index contributed by atoms with van der Waals surface area (Å²) in [5.74, 6) is 0.530. The first-order chi connectivity index (χ1) is 9.42. The number of aryl methyl sites for hydroxylation is 1. The van der Waals surface area contributed by atoms with Gasteiger partial charge in [-0.3, -0.25) is 0 Å². The highest BCUT2D eigenvalue weighted by atomic mass is 32.2. The first kappa shape index (κ1) is 15.5. The molecule has 0 atom stereocenters. The molecule has 1 aliphatic carbocycles. The van der Waals surface area contributed by atoms with Crippen LogP contribution in [0.1, 0.15) is 44.1 Å². The molecule has 0 bridgehead atoms. The molecule has 0 saturated heterocycles. The van der Waals surface area contributed by atoms with Gasteiger partial charge in [0.25, 0.3) is 0 Å². The number of rotatable bonds is 5. The van der Waals surface area contributed by atoms with E-state index in [1.807, 2.05) is 6.92 Å². The highest BCUT2D eigenvalue weighted by Gasteiger charge is 2.32. The molecule has 20 heavy (non-hydrogen) atoms. The minimum Gasteiger partial charge on any atom is -0.361 e. The number of nitrogens with zero attached hydrogens (tertiary/aromatic N) is 2. The third-order valence-electron chi connectivity index (χ3n) is 3.82. The summed E-state index contributed by atoms with van der Waals surface area (Å²) < 4.78 is 31.6. The van der Waals surface area contributed by atoms with Crippen LogP contribution in [0.2, 0.25) is 0 Å². The molecule has 1 aromatic heterocycles. The summed E-state index contributed by atoms with van der Waals surface area (Å²) in [4.78, 5) is 0. The van der Waals surface area contributed by atoms with Crippen LogP contribution in [-0.4, -0.2) is 36.5 Å². The zero-order chi connectivity index (χ0) is 14.8. The van der Waals surface area contributed by atoms with Crippen LogP contribution in [-0.2, 0) is 15.8 Å². The Morgan fingerprint density at radius 2 is 2.05 bits per heavy atom. The van der Waals surface area contributed by atoms with Gasteiger partial charge in [-0.1, -0.05) is 12.1 Å². The zero-order valence-electron chi connectivity index (χ0n) is 12.1. The highest BCUT2D eigenvalue weighted by molar-refractivity contribution is 7.88. The molecule has 1 heterocycles. The highest BCUT2D eigenvalue weighted by Crippen LogP contribution is 2.25. The molecule has 0 unspecified atom stereocenters. The number of nitrogens with two attached hydrogens (primary N) is 1. The van der Waals surface area contributed by atoms with Gasteiger partial charge in [-0.15, -0.1) is 0 Å². The summed E-state index contributed by atoms with van der Waals surface area (Å²) >= 11 is 0. The molecule has 1 aliphatic rings. The van der Waals surface area contributed by atoms with Crippen molar-refractivity contribution in [2.75, 3.05) is 6.54 Å². The Hall–Kier alpha value is -0.920. The van der Waals surface area contributed by atoms with Gasteiger partial charge in [0, 0.05) is 24.7 Å². The molecular formula is C13H23N3O3S. The first-order valence-corrected chi connectivity index (χ1v) is 8.70. The molecule has 0 amide bonds. The molecule has 0 aromatic carbocycles. The second kappa shape index (κ2) is 6.24. The van der Waals surface area contributed by atoms with Crippen LogP contribution in [0.25, 0.3) is 0 Å². The minimum atomic E-state index is -3.36. The lowest BCUT2D eigenvalue weighted by Crippen LogP contribution is -2.44. The molecule has 2 rings (SSSR count). The minimum absolute atomic E-state index is 0.0674. The van der Waals surface area contributed by atoms with Crippen LogP contribution in [0, 0.1) is 6.92 Å². The Balaban J connectivity index is 2.09. The Kier molecular flexibility index (Phi) is 4.82. The van der Waals surface area contributed by atoms with Crippen molar-refractivity contribution in [3.8, 4) is 0 Å². The van der Waals surface area contributed by atoms with Crippen molar-refractivity contribution in [3.05, 3.63) is 17.5 Å². The predicted octanol–water partition coefficient (Wildman–Crippen LogP) is 1.40. The van der Waals surface area contributed by atoms with Gasteiger partial charge in [0.05, 0.1) is 0 Å². The van der Waals surface area contributed by atoms with E-state index < -0.39 is 10.0 Å². The average molecular weight is 301 g/mol. The monoisotopic (exact) mass is 301 g/mol. The molecule has 2 N–H and O–H groups in total. The Morgan fingerprint density at radius 1 is 1.40 bits per heavy atom. The third-order valence-corrected chi connectivity index (χ3v) is 5.76. The zero-order valence-corrected chi connectivity index (χ0v) is 12.9. The topological polar surface area (TPSA) is 89.4 Å². The second-order valence-corrected chi connectivity index (χ2v) is 7.38. The molecule has 0 radical (unpaired) electrons. The van der Waals surface area contributed by atoms with Crippen LogP contribution in [0.4, 0.5) is 0 Å². The van der Waals surface area contributed by atoms with E-state index in [1.54, 1.807) is 17.3 Å².